The predicted octanol–water partition coefficient (Wildman–Crippen LogP) is 2.06. The lowest BCUT2D eigenvalue weighted by Crippen LogP contribution is -2.50. The van der Waals surface area contributed by atoms with Gasteiger partial charge < -0.3 is 0 Å². The Bertz CT molecular complexity index is 1040. The van der Waals surface area contributed by atoms with E-state index in [2.05, 4.69) is 11.9 Å². The molecule has 0 bridgehead atoms. The van der Waals surface area contributed by atoms with Crippen LogP contribution in [0.25, 0.3) is 5.70 Å². The van der Waals surface area contributed by atoms with Crippen LogP contribution in [0.5, 0.6) is 0 Å². The van der Waals surface area contributed by atoms with E-state index in [1.807, 2.05) is 55.5 Å². The number of nitrogens with zero attached hydrogens (tertiary/aromatic N) is 3. The van der Waals surface area contributed by atoms with E-state index in [4.69, 9.17) is 10.1 Å². The second-order valence-corrected chi connectivity index (χ2v) is 7.04. The predicted molar refractivity (Wildman–Crippen MR) is 105 cm³/mol. The minimum absolute atomic E-state index is 0.160. The summed E-state index contributed by atoms with van der Waals surface area (Å²) in [6.07, 6.45) is 1.42. The number of rotatable bonds is 3. The van der Waals surface area contributed by atoms with Crippen LogP contribution < -0.4 is 15.9 Å². The molecule has 5 nitrogen and oxygen atoms in total. The first-order valence-corrected chi connectivity index (χ1v) is 9.33. The van der Waals surface area contributed by atoms with Gasteiger partial charge >= 0.3 is 0 Å². The van der Waals surface area contributed by atoms with E-state index in [-0.39, 0.29) is 12.1 Å². The van der Waals surface area contributed by atoms with Crippen molar-refractivity contribution in [3.63, 3.8) is 0 Å². The molecule has 1 amide bonds. The Hall–Kier alpha value is -2.86. The standard InChI is InChI=1S/C20H18N4OS/c1-3-12-26-20-22-19(25)17-15-10-6-7-11-16(15)21-18(24(17)23-20)14-9-5-4-8-13(14)2/h3-11,18H,1,12H2,2H3,(H,22,23,25)/t18-/m1/s1. The quantitative estimate of drug-likeness (QED) is 0.851. The summed E-state index contributed by atoms with van der Waals surface area (Å²) < 4.78 is 0. The highest BCUT2D eigenvalue weighted by atomic mass is 32.2. The van der Waals surface area contributed by atoms with Gasteiger partial charge in [-0.15, -0.1) is 11.7 Å². The summed E-state index contributed by atoms with van der Waals surface area (Å²) in [6, 6.07) is 15.8. The average molecular weight is 362 g/mol. The summed E-state index contributed by atoms with van der Waals surface area (Å²) in [4.78, 5) is 17.8. The van der Waals surface area contributed by atoms with Crippen molar-refractivity contribution in [3.8, 4) is 0 Å². The summed E-state index contributed by atoms with van der Waals surface area (Å²) in [6.45, 7) is 5.77. The first-order chi connectivity index (χ1) is 12.7. The molecule has 4 rings (SSSR count). The number of para-hydroxylation sites is 1. The topological polar surface area (TPSA) is 57.1 Å². The highest BCUT2D eigenvalue weighted by Gasteiger charge is 2.34. The lowest BCUT2D eigenvalue weighted by Gasteiger charge is -2.34. The molecule has 0 radical (unpaired) electrons. The molecule has 0 aliphatic carbocycles. The number of amidine groups is 1. The van der Waals surface area contributed by atoms with Crippen LogP contribution in [0.2, 0.25) is 0 Å². The van der Waals surface area contributed by atoms with Gasteiger partial charge in [0, 0.05) is 16.5 Å². The molecule has 2 aliphatic heterocycles. The van der Waals surface area contributed by atoms with Gasteiger partial charge in [0.25, 0.3) is 5.91 Å². The van der Waals surface area contributed by atoms with Crippen LogP contribution in [0.4, 0.5) is 0 Å². The van der Waals surface area contributed by atoms with E-state index in [0.29, 0.717) is 16.6 Å². The molecule has 2 aromatic rings. The highest BCUT2D eigenvalue weighted by Crippen LogP contribution is 2.32. The second-order valence-electron chi connectivity index (χ2n) is 6.03. The molecule has 26 heavy (non-hydrogen) atoms. The molecule has 6 heteroatoms. The van der Waals surface area contributed by atoms with Gasteiger partial charge in [0.05, 0.1) is 5.36 Å². The third kappa shape index (κ3) is 2.82. The Balaban J connectivity index is 1.93. The first kappa shape index (κ1) is 16.6. The maximum atomic E-state index is 12.9. The van der Waals surface area contributed by atoms with E-state index in [1.165, 1.54) is 11.8 Å². The molecule has 2 heterocycles. The van der Waals surface area contributed by atoms with Gasteiger partial charge in [0.1, 0.15) is 5.70 Å². The van der Waals surface area contributed by atoms with Crippen LogP contribution in [-0.4, -0.2) is 21.8 Å². The zero-order valence-electron chi connectivity index (χ0n) is 14.3. The van der Waals surface area contributed by atoms with Crippen LogP contribution in [-0.2, 0) is 4.79 Å². The lowest BCUT2D eigenvalue weighted by molar-refractivity contribution is -0.116. The van der Waals surface area contributed by atoms with E-state index in [9.17, 15) is 4.79 Å². The summed E-state index contributed by atoms with van der Waals surface area (Å²) in [5.41, 5.74) is 2.68. The van der Waals surface area contributed by atoms with Crippen molar-refractivity contribution in [3.05, 3.63) is 82.9 Å². The fourth-order valence-corrected chi connectivity index (χ4v) is 3.70. The Morgan fingerprint density at radius 1 is 1.23 bits per heavy atom. The van der Waals surface area contributed by atoms with Crippen molar-refractivity contribution in [2.45, 2.75) is 13.1 Å². The summed E-state index contributed by atoms with van der Waals surface area (Å²) in [5.74, 6) is 0.512. The van der Waals surface area contributed by atoms with E-state index < -0.39 is 0 Å². The van der Waals surface area contributed by atoms with Gasteiger partial charge in [-0.05, 0) is 18.6 Å². The monoisotopic (exact) mass is 362 g/mol. The molecule has 0 fully saturated rings. The lowest BCUT2D eigenvalue weighted by atomic mass is 10.0. The third-order valence-electron chi connectivity index (χ3n) is 4.32. The number of nitrogens with one attached hydrogen (secondary N) is 1. The highest BCUT2D eigenvalue weighted by molar-refractivity contribution is 8.14. The Morgan fingerprint density at radius 3 is 2.81 bits per heavy atom. The smallest absolute Gasteiger partial charge is 0.276 e. The number of hydrogen-bond acceptors (Lipinski definition) is 5. The van der Waals surface area contributed by atoms with Gasteiger partial charge in [-0.25, -0.2) is 5.01 Å². The van der Waals surface area contributed by atoms with Crippen molar-refractivity contribution >= 4 is 28.5 Å². The van der Waals surface area contributed by atoms with Crippen LogP contribution in [0.3, 0.4) is 0 Å². The molecule has 0 spiro atoms. The number of thioether (sulfide) groups is 1. The molecule has 1 N–H and O–H groups in total. The van der Waals surface area contributed by atoms with Crippen LogP contribution >= 0.6 is 11.8 Å². The summed E-state index contributed by atoms with van der Waals surface area (Å²) in [5, 5.41) is 11.5. The number of amides is 1. The normalized spacial score (nSPS) is 18.3. The molecule has 130 valence electrons. The Labute approximate surface area is 155 Å². The van der Waals surface area contributed by atoms with Gasteiger partial charge in [-0.1, -0.05) is 60.3 Å². The minimum Gasteiger partial charge on any atom is -0.298 e. The molecule has 2 aromatic carbocycles. The number of hydrogen-bond donors (Lipinski definition) is 1. The first-order valence-electron chi connectivity index (χ1n) is 8.34. The zero-order valence-corrected chi connectivity index (χ0v) is 15.2. The molecule has 0 aromatic heterocycles. The van der Waals surface area contributed by atoms with Gasteiger partial charge in [-0.2, -0.15) is 0 Å². The largest absolute Gasteiger partial charge is 0.298 e. The van der Waals surface area contributed by atoms with Gasteiger partial charge in [0.2, 0.25) is 0 Å². The third-order valence-corrected chi connectivity index (χ3v) is 5.18. The SMILES string of the molecule is C=CCSC1=NN2C(=c3ccccc3=N[C@H]2c2ccccc2C)C(=O)N1. The van der Waals surface area contributed by atoms with Crippen molar-refractivity contribution in [1.29, 1.82) is 0 Å². The number of benzene rings is 2. The van der Waals surface area contributed by atoms with Crippen LogP contribution in [0.15, 0.2) is 71.3 Å². The molecule has 0 unspecified atom stereocenters. The van der Waals surface area contributed by atoms with Crippen molar-refractivity contribution in [1.82, 2.24) is 10.3 Å². The maximum Gasteiger partial charge on any atom is 0.276 e. The minimum atomic E-state index is -0.369. The van der Waals surface area contributed by atoms with Crippen molar-refractivity contribution in [2.24, 2.45) is 10.1 Å². The van der Waals surface area contributed by atoms with Crippen LogP contribution in [0.1, 0.15) is 17.3 Å². The molecular weight excluding hydrogens is 344 g/mol. The van der Waals surface area contributed by atoms with E-state index >= 15 is 0 Å². The van der Waals surface area contributed by atoms with E-state index in [1.54, 1.807) is 11.1 Å². The Kier molecular flexibility index (Phi) is 4.34. The molecule has 1 atom stereocenters. The molecule has 0 saturated heterocycles. The number of carbonyl (C=O) groups excluding carboxylic acids is 1. The average Bonchev–Trinajstić information content (AvgIpc) is 2.66. The maximum absolute atomic E-state index is 12.9. The number of aryl methyl sites for hydroxylation is 1. The summed E-state index contributed by atoms with van der Waals surface area (Å²) in [7, 11) is 0. The van der Waals surface area contributed by atoms with Gasteiger partial charge in [-0.3, -0.25) is 15.1 Å². The zero-order chi connectivity index (χ0) is 18.1. The second kappa shape index (κ2) is 6.80. The summed E-state index contributed by atoms with van der Waals surface area (Å²) >= 11 is 1.44. The number of hydrazone groups is 1. The van der Waals surface area contributed by atoms with Gasteiger partial charge in [0.15, 0.2) is 11.3 Å². The van der Waals surface area contributed by atoms with Crippen LogP contribution in [0, 0.1) is 6.92 Å². The number of fused-ring (bicyclic) bond motifs is 2. The fourth-order valence-electron chi connectivity index (χ4n) is 3.11. The van der Waals surface area contributed by atoms with E-state index in [0.717, 1.165) is 21.7 Å². The van der Waals surface area contributed by atoms with Crippen molar-refractivity contribution < 1.29 is 4.79 Å². The molecule has 2 aliphatic rings. The number of carbonyl (C=O) groups is 1. The Morgan fingerprint density at radius 2 is 2.00 bits per heavy atom. The molecular formula is C20H18N4OS. The molecule has 0 saturated carbocycles. The fraction of sp³-hybridized carbons (Fsp3) is 0.150. The van der Waals surface area contributed by atoms with Crippen molar-refractivity contribution in [2.75, 3.05) is 5.75 Å².